The number of rotatable bonds is 3. The summed E-state index contributed by atoms with van der Waals surface area (Å²) in [4.78, 5) is 18.1. The zero-order valence-electron chi connectivity index (χ0n) is 16.0. The van der Waals surface area contributed by atoms with Gasteiger partial charge in [0.1, 0.15) is 5.82 Å². The zero-order valence-corrected chi connectivity index (χ0v) is 16.0. The SMILES string of the molecule is Cc1cc(F)ccc1C1CC(N(C)C2CCN(C)CC2)CCN1C(=O)O. The number of hydrogen-bond acceptors (Lipinski definition) is 3. The molecule has 1 amide bonds. The molecule has 2 atom stereocenters. The van der Waals surface area contributed by atoms with E-state index in [1.807, 2.05) is 6.92 Å². The average Bonchev–Trinajstić information content (AvgIpc) is 2.61. The standard InChI is InChI=1S/C20H30FN3O2/c1-14-12-15(21)4-5-18(14)19-13-17(8-11-24(19)20(25)26)23(3)16-6-9-22(2)10-7-16/h4-5,12,16-17,19H,6-11,13H2,1-3H3,(H,25,26). The molecule has 2 saturated heterocycles. The van der Waals surface area contributed by atoms with E-state index in [1.165, 1.54) is 17.0 Å². The minimum Gasteiger partial charge on any atom is -0.465 e. The molecule has 0 aromatic heterocycles. The van der Waals surface area contributed by atoms with Gasteiger partial charge >= 0.3 is 6.09 Å². The minimum absolute atomic E-state index is 0.208. The molecule has 6 heteroatoms. The van der Waals surface area contributed by atoms with E-state index in [1.54, 1.807) is 6.07 Å². The van der Waals surface area contributed by atoms with Crippen molar-refractivity contribution in [3.05, 3.63) is 35.1 Å². The molecule has 2 aliphatic rings. The third kappa shape index (κ3) is 4.01. The first-order chi connectivity index (χ1) is 12.4. The Balaban J connectivity index is 1.78. The smallest absolute Gasteiger partial charge is 0.407 e. The van der Waals surface area contributed by atoms with Crippen molar-refractivity contribution in [3.63, 3.8) is 0 Å². The van der Waals surface area contributed by atoms with Gasteiger partial charge in [0.15, 0.2) is 0 Å². The number of likely N-dealkylation sites (tertiary alicyclic amines) is 2. The van der Waals surface area contributed by atoms with Gasteiger partial charge in [0.2, 0.25) is 0 Å². The molecule has 2 fully saturated rings. The maximum atomic E-state index is 13.5. The van der Waals surface area contributed by atoms with Crippen LogP contribution in [0.2, 0.25) is 0 Å². The number of hydrogen-bond donors (Lipinski definition) is 1. The zero-order chi connectivity index (χ0) is 18.8. The first-order valence-electron chi connectivity index (χ1n) is 9.53. The summed E-state index contributed by atoms with van der Waals surface area (Å²) >= 11 is 0. The highest BCUT2D eigenvalue weighted by Gasteiger charge is 2.37. The number of piperidine rings is 2. The minimum atomic E-state index is -0.890. The van der Waals surface area contributed by atoms with Gasteiger partial charge in [-0.2, -0.15) is 0 Å². The molecule has 0 spiro atoms. The number of halogens is 1. The molecular weight excluding hydrogens is 333 g/mol. The molecule has 3 rings (SSSR count). The quantitative estimate of drug-likeness (QED) is 0.895. The molecule has 1 N–H and O–H groups in total. The summed E-state index contributed by atoms with van der Waals surface area (Å²) in [5.41, 5.74) is 1.75. The lowest BCUT2D eigenvalue weighted by molar-refractivity contribution is 0.0397. The number of benzene rings is 1. The molecule has 144 valence electrons. The van der Waals surface area contributed by atoms with Crippen LogP contribution in [0.1, 0.15) is 42.9 Å². The second kappa shape index (κ2) is 7.92. The van der Waals surface area contributed by atoms with Crippen molar-refractivity contribution in [1.82, 2.24) is 14.7 Å². The van der Waals surface area contributed by atoms with E-state index in [0.717, 1.165) is 49.9 Å². The maximum Gasteiger partial charge on any atom is 0.407 e. The Morgan fingerprint density at radius 3 is 2.46 bits per heavy atom. The summed E-state index contributed by atoms with van der Waals surface area (Å²) in [5.74, 6) is -0.274. The van der Waals surface area contributed by atoms with Crippen molar-refractivity contribution >= 4 is 6.09 Å². The van der Waals surface area contributed by atoms with E-state index in [9.17, 15) is 14.3 Å². The summed E-state index contributed by atoms with van der Waals surface area (Å²) in [6.07, 6.45) is 3.05. The fourth-order valence-electron chi connectivity index (χ4n) is 4.55. The van der Waals surface area contributed by atoms with Crippen LogP contribution >= 0.6 is 0 Å². The van der Waals surface area contributed by atoms with E-state index < -0.39 is 6.09 Å². The third-order valence-corrected chi connectivity index (χ3v) is 6.25. The van der Waals surface area contributed by atoms with Crippen LogP contribution in [-0.4, -0.2) is 71.7 Å². The van der Waals surface area contributed by atoms with Crippen LogP contribution in [0.25, 0.3) is 0 Å². The lowest BCUT2D eigenvalue weighted by Crippen LogP contribution is -2.51. The van der Waals surface area contributed by atoms with E-state index in [2.05, 4.69) is 23.9 Å². The molecule has 1 aromatic rings. The van der Waals surface area contributed by atoms with Crippen molar-refractivity contribution < 1.29 is 14.3 Å². The van der Waals surface area contributed by atoms with Gasteiger partial charge in [0, 0.05) is 18.6 Å². The highest BCUT2D eigenvalue weighted by atomic mass is 19.1. The predicted octanol–water partition coefficient (Wildman–Crippen LogP) is 3.34. The summed E-state index contributed by atoms with van der Waals surface area (Å²) < 4.78 is 13.5. The predicted molar refractivity (Wildman–Crippen MR) is 99.9 cm³/mol. The van der Waals surface area contributed by atoms with E-state index in [0.29, 0.717) is 18.6 Å². The Kier molecular flexibility index (Phi) is 5.82. The van der Waals surface area contributed by atoms with E-state index in [4.69, 9.17) is 0 Å². The van der Waals surface area contributed by atoms with Crippen LogP contribution in [0.15, 0.2) is 18.2 Å². The van der Waals surface area contributed by atoms with Gasteiger partial charge in [-0.15, -0.1) is 0 Å². The molecule has 26 heavy (non-hydrogen) atoms. The Morgan fingerprint density at radius 1 is 1.19 bits per heavy atom. The van der Waals surface area contributed by atoms with Crippen molar-refractivity contribution in [2.45, 2.75) is 50.7 Å². The van der Waals surface area contributed by atoms with Gasteiger partial charge in [-0.3, -0.25) is 0 Å². The molecule has 5 nitrogen and oxygen atoms in total. The van der Waals surface area contributed by atoms with Crippen LogP contribution in [0, 0.1) is 12.7 Å². The lowest BCUT2D eigenvalue weighted by atomic mass is 9.88. The summed E-state index contributed by atoms with van der Waals surface area (Å²) in [6, 6.07) is 5.40. The van der Waals surface area contributed by atoms with Crippen molar-refractivity contribution in [2.24, 2.45) is 0 Å². The molecule has 0 aliphatic carbocycles. The average molecular weight is 363 g/mol. The normalized spacial score (nSPS) is 25.7. The fraction of sp³-hybridized carbons (Fsp3) is 0.650. The van der Waals surface area contributed by atoms with Crippen LogP contribution < -0.4 is 0 Å². The molecular formula is C20H30FN3O2. The number of amides is 1. The number of carbonyl (C=O) groups is 1. The molecule has 0 saturated carbocycles. The summed E-state index contributed by atoms with van der Waals surface area (Å²) in [7, 11) is 4.35. The van der Waals surface area contributed by atoms with Crippen LogP contribution in [-0.2, 0) is 0 Å². The van der Waals surface area contributed by atoms with Gasteiger partial charge in [0.25, 0.3) is 0 Å². The maximum absolute atomic E-state index is 13.5. The summed E-state index contributed by atoms with van der Waals surface area (Å²) in [5, 5.41) is 9.65. The number of nitrogens with zero attached hydrogens (tertiary/aromatic N) is 3. The molecule has 0 radical (unpaired) electrons. The van der Waals surface area contributed by atoms with Crippen LogP contribution in [0.5, 0.6) is 0 Å². The second-order valence-electron chi connectivity index (χ2n) is 7.87. The topological polar surface area (TPSA) is 47.0 Å². The van der Waals surface area contributed by atoms with Gasteiger partial charge in [-0.05, 0) is 83.1 Å². The van der Waals surface area contributed by atoms with Gasteiger partial charge in [0.05, 0.1) is 6.04 Å². The van der Waals surface area contributed by atoms with E-state index >= 15 is 0 Å². The van der Waals surface area contributed by atoms with Gasteiger partial charge in [-0.25, -0.2) is 9.18 Å². The molecule has 0 bridgehead atoms. The molecule has 2 heterocycles. The Labute approximate surface area is 155 Å². The molecule has 2 unspecified atom stereocenters. The highest BCUT2D eigenvalue weighted by Crippen LogP contribution is 2.36. The second-order valence-corrected chi connectivity index (χ2v) is 7.87. The first-order valence-corrected chi connectivity index (χ1v) is 9.53. The van der Waals surface area contributed by atoms with E-state index in [-0.39, 0.29) is 11.9 Å². The van der Waals surface area contributed by atoms with Gasteiger partial charge in [-0.1, -0.05) is 6.07 Å². The lowest BCUT2D eigenvalue weighted by Gasteiger charge is -2.45. The Bertz CT molecular complexity index is 646. The third-order valence-electron chi connectivity index (χ3n) is 6.25. The fourth-order valence-corrected chi connectivity index (χ4v) is 4.55. The first kappa shape index (κ1) is 19.1. The largest absolute Gasteiger partial charge is 0.465 e. The van der Waals surface area contributed by atoms with Crippen molar-refractivity contribution in [3.8, 4) is 0 Å². The van der Waals surface area contributed by atoms with Crippen molar-refractivity contribution in [1.29, 1.82) is 0 Å². The number of carboxylic acid groups (broad SMARTS) is 1. The van der Waals surface area contributed by atoms with Crippen molar-refractivity contribution in [2.75, 3.05) is 33.7 Å². The van der Waals surface area contributed by atoms with Crippen LogP contribution in [0.3, 0.4) is 0 Å². The monoisotopic (exact) mass is 363 g/mol. The Morgan fingerprint density at radius 2 is 1.85 bits per heavy atom. The highest BCUT2D eigenvalue weighted by molar-refractivity contribution is 5.66. The summed E-state index contributed by atoms with van der Waals surface area (Å²) in [6.45, 7) is 4.62. The van der Waals surface area contributed by atoms with Gasteiger partial charge < -0.3 is 19.8 Å². The Hall–Kier alpha value is -1.66. The molecule has 1 aromatic carbocycles. The van der Waals surface area contributed by atoms with Crippen LogP contribution in [0.4, 0.5) is 9.18 Å². The molecule has 2 aliphatic heterocycles. The number of aryl methyl sites for hydroxylation is 1.